The van der Waals surface area contributed by atoms with E-state index in [-0.39, 0.29) is 5.91 Å². The molecule has 0 aliphatic rings. The van der Waals surface area contributed by atoms with E-state index < -0.39 is 0 Å². The maximum atomic E-state index is 11.2. The number of hydrogen-bond donors (Lipinski definition) is 1. The van der Waals surface area contributed by atoms with Gasteiger partial charge in [0.25, 0.3) is 0 Å². The van der Waals surface area contributed by atoms with E-state index in [1.165, 1.54) is 5.56 Å². The monoisotopic (exact) mass is 235 g/mol. The minimum absolute atomic E-state index is 0.0942. The fraction of sp³-hybridized carbons (Fsp3) is 0.500. The van der Waals surface area contributed by atoms with Crippen molar-refractivity contribution in [1.82, 2.24) is 5.32 Å². The van der Waals surface area contributed by atoms with Gasteiger partial charge in [0.2, 0.25) is 5.91 Å². The Morgan fingerprint density at radius 3 is 2.76 bits per heavy atom. The Labute approximate surface area is 103 Å². The molecule has 1 N–H and O–H groups in total. The van der Waals surface area contributed by atoms with Crippen LogP contribution in [-0.2, 0) is 4.79 Å². The number of aryl methyl sites for hydroxylation is 2. The molecule has 94 valence electrons. The summed E-state index contributed by atoms with van der Waals surface area (Å²) < 4.78 is 5.61. The van der Waals surface area contributed by atoms with E-state index in [2.05, 4.69) is 18.3 Å². The van der Waals surface area contributed by atoms with Gasteiger partial charge in [0, 0.05) is 6.42 Å². The molecular formula is C14H21NO2. The summed E-state index contributed by atoms with van der Waals surface area (Å²) in [7, 11) is 0. The summed E-state index contributed by atoms with van der Waals surface area (Å²) in [5, 5.41) is 2.82. The zero-order valence-electron chi connectivity index (χ0n) is 10.9. The van der Waals surface area contributed by atoms with Crippen molar-refractivity contribution in [2.24, 2.45) is 0 Å². The Balaban J connectivity index is 2.29. The molecule has 0 aromatic heterocycles. The maximum Gasteiger partial charge on any atom is 0.220 e. The molecule has 0 saturated carbocycles. The van der Waals surface area contributed by atoms with E-state index in [1.54, 1.807) is 0 Å². The Hall–Kier alpha value is -1.51. The number of ether oxygens (including phenoxy) is 1. The van der Waals surface area contributed by atoms with Gasteiger partial charge < -0.3 is 10.1 Å². The average molecular weight is 235 g/mol. The molecule has 0 radical (unpaired) electrons. The van der Waals surface area contributed by atoms with Gasteiger partial charge in [0.1, 0.15) is 12.4 Å². The van der Waals surface area contributed by atoms with E-state index in [4.69, 9.17) is 4.74 Å². The summed E-state index contributed by atoms with van der Waals surface area (Å²) in [5.74, 6) is 0.983. The first-order valence-electron chi connectivity index (χ1n) is 6.10. The lowest BCUT2D eigenvalue weighted by molar-refractivity contribution is -0.121. The molecule has 0 fully saturated rings. The van der Waals surface area contributed by atoms with Gasteiger partial charge in [-0.25, -0.2) is 0 Å². The highest BCUT2D eigenvalue weighted by Gasteiger charge is 2.01. The zero-order valence-corrected chi connectivity index (χ0v) is 10.9. The molecule has 0 unspecified atom stereocenters. The number of benzene rings is 1. The van der Waals surface area contributed by atoms with Gasteiger partial charge in [-0.15, -0.1) is 0 Å². The van der Waals surface area contributed by atoms with Gasteiger partial charge in [-0.2, -0.15) is 0 Å². The Kier molecular flexibility index (Phi) is 5.53. The maximum absolute atomic E-state index is 11.2. The van der Waals surface area contributed by atoms with E-state index in [0.717, 1.165) is 17.7 Å². The van der Waals surface area contributed by atoms with Crippen LogP contribution in [0.4, 0.5) is 0 Å². The predicted octanol–water partition coefficient (Wildman–Crippen LogP) is 2.60. The van der Waals surface area contributed by atoms with Crippen molar-refractivity contribution in [3.8, 4) is 5.75 Å². The van der Waals surface area contributed by atoms with Crippen molar-refractivity contribution in [2.75, 3.05) is 13.2 Å². The first-order chi connectivity index (χ1) is 8.13. The smallest absolute Gasteiger partial charge is 0.220 e. The van der Waals surface area contributed by atoms with Gasteiger partial charge in [-0.05, 0) is 31.9 Å². The van der Waals surface area contributed by atoms with Crippen LogP contribution < -0.4 is 10.1 Å². The molecule has 0 bridgehead atoms. The second kappa shape index (κ2) is 6.94. The van der Waals surface area contributed by atoms with Crippen molar-refractivity contribution in [2.45, 2.75) is 33.6 Å². The van der Waals surface area contributed by atoms with Gasteiger partial charge in [-0.1, -0.05) is 24.6 Å². The fourth-order valence-corrected chi connectivity index (χ4v) is 1.63. The van der Waals surface area contributed by atoms with Crippen molar-refractivity contribution in [3.63, 3.8) is 0 Å². The molecule has 1 aromatic rings. The summed E-state index contributed by atoms with van der Waals surface area (Å²) in [6, 6.07) is 6.08. The molecule has 1 amide bonds. The van der Waals surface area contributed by atoms with Crippen LogP contribution in [-0.4, -0.2) is 19.1 Å². The van der Waals surface area contributed by atoms with E-state index in [1.807, 2.05) is 26.0 Å². The number of hydrogen-bond acceptors (Lipinski definition) is 2. The van der Waals surface area contributed by atoms with Gasteiger partial charge in [-0.3, -0.25) is 4.79 Å². The lowest BCUT2D eigenvalue weighted by atomic mass is 10.1. The van der Waals surface area contributed by atoms with Crippen molar-refractivity contribution >= 4 is 5.91 Å². The summed E-state index contributed by atoms with van der Waals surface area (Å²) in [6.45, 7) is 7.15. The number of rotatable bonds is 6. The second-order valence-electron chi connectivity index (χ2n) is 4.22. The standard InChI is InChI=1S/C14H21NO2/c1-4-5-14(16)15-8-9-17-13-7-6-11(2)10-12(13)3/h6-7,10H,4-5,8-9H2,1-3H3,(H,15,16). The molecule has 0 aliphatic heterocycles. The SMILES string of the molecule is CCCC(=O)NCCOc1ccc(C)cc1C. The second-order valence-corrected chi connectivity index (χ2v) is 4.22. The molecule has 3 heteroatoms. The van der Waals surface area contributed by atoms with Crippen LogP contribution >= 0.6 is 0 Å². The first-order valence-corrected chi connectivity index (χ1v) is 6.10. The number of amides is 1. The van der Waals surface area contributed by atoms with E-state index in [9.17, 15) is 4.79 Å². The fourth-order valence-electron chi connectivity index (χ4n) is 1.63. The lowest BCUT2D eigenvalue weighted by Gasteiger charge is -2.10. The summed E-state index contributed by atoms with van der Waals surface area (Å²) in [6.07, 6.45) is 1.47. The van der Waals surface area contributed by atoms with Crippen LogP contribution in [0.2, 0.25) is 0 Å². The largest absolute Gasteiger partial charge is 0.491 e. The average Bonchev–Trinajstić information content (AvgIpc) is 2.27. The van der Waals surface area contributed by atoms with E-state index >= 15 is 0 Å². The molecule has 1 rings (SSSR count). The van der Waals surface area contributed by atoms with Crippen LogP contribution in [0.3, 0.4) is 0 Å². The highest BCUT2D eigenvalue weighted by molar-refractivity contribution is 5.75. The molecule has 3 nitrogen and oxygen atoms in total. The third kappa shape index (κ3) is 4.89. The lowest BCUT2D eigenvalue weighted by Crippen LogP contribution is -2.27. The topological polar surface area (TPSA) is 38.3 Å². The Bertz CT molecular complexity index is 374. The molecular weight excluding hydrogens is 214 g/mol. The zero-order chi connectivity index (χ0) is 12.7. The van der Waals surface area contributed by atoms with Crippen molar-refractivity contribution in [3.05, 3.63) is 29.3 Å². The quantitative estimate of drug-likeness (QED) is 0.770. The Morgan fingerprint density at radius 1 is 1.35 bits per heavy atom. The van der Waals surface area contributed by atoms with Crippen LogP contribution in [0.5, 0.6) is 5.75 Å². The van der Waals surface area contributed by atoms with Gasteiger partial charge in [0.05, 0.1) is 6.54 Å². The minimum atomic E-state index is 0.0942. The number of nitrogens with one attached hydrogen (secondary N) is 1. The molecule has 0 atom stereocenters. The number of carbonyl (C=O) groups excluding carboxylic acids is 1. The highest BCUT2D eigenvalue weighted by atomic mass is 16.5. The molecule has 17 heavy (non-hydrogen) atoms. The minimum Gasteiger partial charge on any atom is -0.491 e. The first kappa shape index (κ1) is 13.6. The highest BCUT2D eigenvalue weighted by Crippen LogP contribution is 2.18. The third-order valence-electron chi connectivity index (χ3n) is 2.49. The summed E-state index contributed by atoms with van der Waals surface area (Å²) >= 11 is 0. The normalized spacial score (nSPS) is 10.1. The molecule has 0 saturated heterocycles. The summed E-state index contributed by atoms with van der Waals surface area (Å²) in [4.78, 5) is 11.2. The third-order valence-corrected chi connectivity index (χ3v) is 2.49. The predicted molar refractivity (Wildman–Crippen MR) is 69.3 cm³/mol. The molecule has 1 aromatic carbocycles. The van der Waals surface area contributed by atoms with Crippen molar-refractivity contribution < 1.29 is 9.53 Å². The van der Waals surface area contributed by atoms with E-state index in [0.29, 0.717) is 19.6 Å². The van der Waals surface area contributed by atoms with Gasteiger partial charge in [0.15, 0.2) is 0 Å². The van der Waals surface area contributed by atoms with Crippen LogP contribution in [0.25, 0.3) is 0 Å². The number of carbonyl (C=O) groups is 1. The van der Waals surface area contributed by atoms with Gasteiger partial charge >= 0.3 is 0 Å². The molecule has 0 heterocycles. The van der Waals surface area contributed by atoms with Crippen LogP contribution in [0.1, 0.15) is 30.9 Å². The summed E-state index contributed by atoms with van der Waals surface area (Å²) in [5.41, 5.74) is 2.36. The van der Waals surface area contributed by atoms with Crippen LogP contribution in [0.15, 0.2) is 18.2 Å². The van der Waals surface area contributed by atoms with Crippen LogP contribution in [0, 0.1) is 13.8 Å². The van der Waals surface area contributed by atoms with Crippen molar-refractivity contribution in [1.29, 1.82) is 0 Å². The molecule has 0 aliphatic carbocycles. The Morgan fingerprint density at radius 2 is 2.12 bits per heavy atom. The molecule has 0 spiro atoms.